The zero-order chi connectivity index (χ0) is 24.1. The number of carbonyl (C=O) groups excluding carboxylic acids is 3. The first-order valence-electron chi connectivity index (χ1n) is 10.8. The number of rotatable bonds is 7. The second kappa shape index (κ2) is 10.2. The summed E-state index contributed by atoms with van der Waals surface area (Å²) in [5.74, 6) is -2.81. The lowest BCUT2D eigenvalue weighted by molar-refractivity contribution is -0.157. The van der Waals surface area contributed by atoms with Crippen molar-refractivity contribution < 1.29 is 28.2 Å². The predicted octanol–water partition coefficient (Wildman–Crippen LogP) is 4.57. The van der Waals surface area contributed by atoms with Gasteiger partial charge in [0.25, 0.3) is 5.91 Å². The van der Waals surface area contributed by atoms with Gasteiger partial charge in [0, 0.05) is 17.7 Å². The van der Waals surface area contributed by atoms with Gasteiger partial charge in [-0.2, -0.15) is 0 Å². The number of halogens is 1. The number of ether oxygens (including phenoxy) is 2. The molecule has 1 aliphatic heterocycles. The van der Waals surface area contributed by atoms with Gasteiger partial charge in [0.1, 0.15) is 11.6 Å². The summed E-state index contributed by atoms with van der Waals surface area (Å²) in [5, 5.41) is 5.33. The molecule has 1 heterocycles. The van der Waals surface area contributed by atoms with Crippen molar-refractivity contribution >= 4 is 29.2 Å². The van der Waals surface area contributed by atoms with Crippen LogP contribution in [0.5, 0.6) is 5.75 Å². The summed E-state index contributed by atoms with van der Waals surface area (Å²) in [6.45, 7) is 2.24. The van der Waals surface area contributed by atoms with Crippen molar-refractivity contribution in [3.63, 3.8) is 0 Å². The van der Waals surface area contributed by atoms with E-state index in [1.807, 2.05) is 6.92 Å². The van der Waals surface area contributed by atoms with Crippen molar-refractivity contribution in [1.29, 1.82) is 0 Å². The van der Waals surface area contributed by atoms with E-state index in [2.05, 4.69) is 10.6 Å². The van der Waals surface area contributed by atoms with Gasteiger partial charge in [-0.05, 0) is 36.8 Å². The molecule has 0 aliphatic carbocycles. The highest BCUT2D eigenvalue weighted by molar-refractivity contribution is 6.01. The third-order valence-electron chi connectivity index (χ3n) is 5.36. The van der Waals surface area contributed by atoms with Crippen LogP contribution in [-0.2, 0) is 19.1 Å². The lowest BCUT2D eigenvalue weighted by atomic mass is 9.90. The van der Waals surface area contributed by atoms with E-state index >= 15 is 0 Å². The summed E-state index contributed by atoms with van der Waals surface area (Å²) >= 11 is 0. The van der Waals surface area contributed by atoms with Gasteiger partial charge in [0.2, 0.25) is 12.0 Å². The molecule has 3 aromatic carbocycles. The minimum Gasteiger partial charge on any atom is -0.492 e. The Morgan fingerprint density at radius 1 is 1.09 bits per heavy atom. The highest BCUT2D eigenvalue weighted by Crippen LogP contribution is 2.35. The van der Waals surface area contributed by atoms with Gasteiger partial charge in [-0.1, -0.05) is 48.5 Å². The van der Waals surface area contributed by atoms with Gasteiger partial charge in [-0.15, -0.1) is 0 Å². The highest BCUT2D eigenvalue weighted by atomic mass is 19.1. The van der Waals surface area contributed by atoms with Crippen LogP contribution in [-0.4, -0.2) is 24.4 Å². The quantitative estimate of drug-likeness (QED) is 0.502. The molecule has 0 fully saturated rings. The molecule has 2 amide bonds. The van der Waals surface area contributed by atoms with E-state index in [4.69, 9.17) is 9.47 Å². The first-order chi connectivity index (χ1) is 16.5. The second-order valence-corrected chi connectivity index (χ2v) is 7.68. The molecule has 2 unspecified atom stereocenters. The number of para-hydroxylation sites is 2. The summed E-state index contributed by atoms with van der Waals surface area (Å²) in [6.07, 6.45) is -1.45. The Morgan fingerprint density at radius 2 is 1.82 bits per heavy atom. The molecule has 34 heavy (non-hydrogen) atoms. The fourth-order valence-corrected chi connectivity index (χ4v) is 3.80. The van der Waals surface area contributed by atoms with Crippen molar-refractivity contribution in [2.75, 3.05) is 17.2 Å². The van der Waals surface area contributed by atoms with Crippen molar-refractivity contribution in [2.45, 2.75) is 25.4 Å². The first-order valence-corrected chi connectivity index (χ1v) is 10.8. The van der Waals surface area contributed by atoms with Crippen LogP contribution in [0.3, 0.4) is 0 Å². The van der Waals surface area contributed by atoms with E-state index in [9.17, 15) is 18.8 Å². The normalized spacial score (nSPS) is 15.5. The van der Waals surface area contributed by atoms with Crippen molar-refractivity contribution in [1.82, 2.24) is 0 Å². The number of amides is 2. The van der Waals surface area contributed by atoms with Crippen molar-refractivity contribution in [3.05, 3.63) is 89.7 Å². The lowest BCUT2D eigenvalue weighted by Crippen LogP contribution is -2.32. The molecule has 0 saturated carbocycles. The van der Waals surface area contributed by atoms with Gasteiger partial charge < -0.3 is 20.1 Å². The molecule has 0 bridgehead atoms. The molecule has 7 nitrogen and oxygen atoms in total. The zero-order valence-corrected chi connectivity index (χ0v) is 18.4. The van der Waals surface area contributed by atoms with E-state index in [1.54, 1.807) is 54.6 Å². The van der Waals surface area contributed by atoms with E-state index in [0.717, 1.165) is 6.07 Å². The Labute approximate surface area is 195 Å². The topological polar surface area (TPSA) is 93.7 Å². The number of fused-ring (bicyclic) bond motifs is 1. The molecule has 0 aromatic heterocycles. The van der Waals surface area contributed by atoms with Gasteiger partial charge in [-0.25, -0.2) is 4.39 Å². The molecule has 0 saturated heterocycles. The second-order valence-electron chi connectivity index (χ2n) is 7.68. The smallest absolute Gasteiger partial charge is 0.315 e. The Bertz CT molecular complexity index is 1210. The van der Waals surface area contributed by atoms with E-state index < -0.39 is 35.6 Å². The Balaban J connectivity index is 1.61. The van der Waals surface area contributed by atoms with Crippen LogP contribution in [0.2, 0.25) is 0 Å². The minimum absolute atomic E-state index is 0.173. The summed E-state index contributed by atoms with van der Waals surface area (Å²) < 4.78 is 24.9. The molecule has 8 heteroatoms. The Hall–Kier alpha value is -4.20. The highest BCUT2D eigenvalue weighted by Gasteiger charge is 2.35. The lowest BCUT2D eigenvalue weighted by Gasteiger charge is -2.26. The minimum atomic E-state index is -1.28. The Kier molecular flexibility index (Phi) is 6.87. The number of esters is 1. The van der Waals surface area contributed by atoms with Crippen LogP contribution in [0.25, 0.3) is 0 Å². The maximum Gasteiger partial charge on any atom is 0.315 e. The van der Waals surface area contributed by atoms with Gasteiger partial charge in [0.05, 0.1) is 18.2 Å². The van der Waals surface area contributed by atoms with Crippen molar-refractivity contribution in [2.24, 2.45) is 0 Å². The number of carbonyl (C=O) groups is 3. The number of benzene rings is 3. The van der Waals surface area contributed by atoms with Gasteiger partial charge in [0.15, 0.2) is 0 Å². The molecule has 2 N–H and O–H groups in total. The van der Waals surface area contributed by atoms with E-state index in [-0.39, 0.29) is 12.1 Å². The SMILES string of the molecule is CCOc1ccccc1NC(=O)C(OC(=O)C1CC(=O)Nc2cc(F)ccc21)c1ccccc1. The van der Waals surface area contributed by atoms with E-state index in [1.165, 1.54) is 12.1 Å². The zero-order valence-electron chi connectivity index (χ0n) is 18.4. The molecule has 2 atom stereocenters. The summed E-state index contributed by atoms with van der Waals surface area (Å²) in [5.41, 5.74) is 1.54. The predicted molar refractivity (Wildman–Crippen MR) is 124 cm³/mol. The van der Waals surface area contributed by atoms with Crippen LogP contribution in [0.15, 0.2) is 72.8 Å². The van der Waals surface area contributed by atoms with Crippen LogP contribution < -0.4 is 15.4 Å². The maximum atomic E-state index is 13.7. The van der Waals surface area contributed by atoms with Gasteiger partial charge >= 0.3 is 5.97 Å². The third-order valence-corrected chi connectivity index (χ3v) is 5.36. The van der Waals surface area contributed by atoms with Crippen LogP contribution in [0, 0.1) is 5.82 Å². The van der Waals surface area contributed by atoms with Crippen LogP contribution >= 0.6 is 0 Å². The van der Waals surface area contributed by atoms with E-state index in [0.29, 0.717) is 29.2 Å². The Morgan fingerprint density at radius 3 is 2.59 bits per heavy atom. The number of hydrogen-bond donors (Lipinski definition) is 2. The molecule has 0 spiro atoms. The average Bonchev–Trinajstić information content (AvgIpc) is 2.83. The number of anilines is 2. The molecule has 1 aliphatic rings. The molecule has 0 radical (unpaired) electrons. The largest absolute Gasteiger partial charge is 0.492 e. The molecule has 174 valence electrons. The van der Waals surface area contributed by atoms with Gasteiger partial charge in [-0.3, -0.25) is 14.4 Å². The van der Waals surface area contributed by atoms with Crippen molar-refractivity contribution in [3.8, 4) is 5.75 Å². The van der Waals surface area contributed by atoms with Crippen LogP contribution in [0.1, 0.15) is 36.5 Å². The summed E-state index contributed by atoms with van der Waals surface area (Å²) in [6, 6.07) is 19.3. The maximum absolute atomic E-state index is 13.7. The summed E-state index contributed by atoms with van der Waals surface area (Å²) in [4.78, 5) is 38.6. The first kappa shape index (κ1) is 23.0. The monoisotopic (exact) mass is 462 g/mol. The standard InChI is InChI=1S/C26H23FN2O5/c1-2-33-22-11-7-6-10-20(22)29-25(31)24(16-8-4-3-5-9-16)34-26(32)19-15-23(30)28-21-14-17(27)12-13-18(19)21/h3-14,19,24H,2,15H2,1H3,(H,28,30)(H,29,31). The molecule has 4 rings (SSSR count). The molecular weight excluding hydrogens is 439 g/mol. The fourth-order valence-electron chi connectivity index (χ4n) is 3.80. The number of hydrogen-bond acceptors (Lipinski definition) is 5. The average molecular weight is 462 g/mol. The molecule has 3 aromatic rings. The molecular formula is C26H23FN2O5. The number of nitrogens with one attached hydrogen (secondary N) is 2. The third kappa shape index (κ3) is 5.06. The fraction of sp³-hybridized carbons (Fsp3) is 0.192. The van der Waals surface area contributed by atoms with Crippen LogP contribution in [0.4, 0.5) is 15.8 Å². The summed E-state index contributed by atoms with van der Waals surface area (Å²) in [7, 11) is 0.